The summed E-state index contributed by atoms with van der Waals surface area (Å²) in [4.78, 5) is 13.6. The fraction of sp³-hybridized carbons (Fsp3) is 0.917. The average Bonchev–Trinajstić information content (AvgIpc) is 2.25. The van der Waals surface area contributed by atoms with Crippen LogP contribution in [0.2, 0.25) is 0 Å². The van der Waals surface area contributed by atoms with Crippen LogP contribution in [0.1, 0.15) is 40.0 Å². The second-order valence-corrected chi connectivity index (χ2v) is 3.91. The van der Waals surface area contributed by atoms with Gasteiger partial charge in [-0.2, -0.15) is 0 Å². The molecule has 1 unspecified atom stereocenters. The van der Waals surface area contributed by atoms with Crippen LogP contribution < -0.4 is 5.73 Å². The first-order valence-corrected chi connectivity index (χ1v) is 6.29. The van der Waals surface area contributed by atoms with E-state index in [0.717, 1.165) is 25.8 Å². The van der Waals surface area contributed by atoms with Crippen molar-refractivity contribution in [2.75, 3.05) is 26.2 Å². The SMILES string of the molecule is CCCN(CC(=O)OCC)C(CC)CCN. The summed E-state index contributed by atoms with van der Waals surface area (Å²) in [5, 5.41) is 0. The van der Waals surface area contributed by atoms with E-state index in [1.54, 1.807) is 0 Å². The lowest BCUT2D eigenvalue weighted by molar-refractivity contribution is -0.145. The van der Waals surface area contributed by atoms with Gasteiger partial charge in [0.05, 0.1) is 13.2 Å². The standard InChI is InChI=1S/C12H26N2O2/c1-4-9-14(10-12(15)16-6-3)11(5-2)7-8-13/h11H,4-10,13H2,1-3H3. The minimum atomic E-state index is -0.133. The van der Waals surface area contributed by atoms with Gasteiger partial charge in [0.15, 0.2) is 0 Å². The number of hydrogen-bond acceptors (Lipinski definition) is 4. The number of hydrogen-bond donors (Lipinski definition) is 1. The number of carbonyl (C=O) groups excluding carboxylic acids is 1. The fourth-order valence-corrected chi connectivity index (χ4v) is 1.89. The molecule has 0 aliphatic carbocycles. The Bertz CT molecular complexity index is 186. The minimum Gasteiger partial charge on any atom is -0.465 e. The lowest BCUT2D eigenvalue weighted by Gasteiger charge is -2.29. The van der Waals surface area contributed by atoms with Gasteiger partial charge in [0.25, 0.3) is 0 Å². The molecule has 0 aliphatic heterocycles. The molecule has 0 heterocycles. The van der Waals surface area contributed by atoms with Crippen molar-refractivity contribution in [1.29, 1.82) is 0 Å². The van der Waals surface area contributed by atoms with E-state index in [1.807, 2.05) is 6.92 Å². The van der Waals surface area contributed by atoms with Crippen molar-refractivity contribution in [3.63, 3.8) is 0 Å². The zero-order valence-electron chi connectivity index (χ0n) is 10.9. The summed E-state index contributed by atoms with van der Waals surface area (Å²) in [5.41, 5.74) is 5.59. The van der Waals surface area contributed by atoms with Crippen LogP contribution in [0, 0.1) is 0 Å². The monoisotopic (exact) mass is 230 g/mol. The van der Waals surface area contributed by atoms with Crippen molar-refractivity contribution >= 4 is 5.97 Å². The highest BCUT2D eigenvalue weighted by Gasteiger charge is 2.18. The van der Waals surface area contributed by atoms with Gasteiger partial charge >= 0.3 is 5.97 Å². The van der Waals surface area contributed by atoms with E-state index in [-0.39, 0.29) is 5.97 Å². The molecule has 4 heteroatoms. The van der Waals surface area contributed by atoms with Crippen molar-refractivity contribution in [2.24, 2.45) is 5.73 Å². The summed E-state index contributed by atoms with van der Waals surface area (Å²) in [6.45, 7) is 8.52. The second kappa shape index (κ2) is 9.60. The quantitative estimate of drug-likeness (QED) is 0.608. The van der Waals surface area contributed by atoms with Crippen LogP contribution in [0.5, 0.6) is 0 Å². The van der Waals surface area contributed by atoms with E-state index in [0.29, 0.717) is 25.7 Å². The maximum Gasteiger partial charge on any atom is 0.320 e. The van der Waals surface area contributed by atoms with E-state index in [9.17, 15) is 4.79 Å². The van der Waals surface area contributed by atoms with Crippen LogP contribution in [-0.2, 0) is 9.53 Å². The predicted molar refractivity (Wildman–Crippen MR) is 66.2 cm³/mol. The van der Waals surface area contributed by atoms with Gasteiger partial charge in [-0.05, 0) is 39.3 Å². The minimum absolute atomic E-state index is 0.133. The van der Waals surface area contributed by atoms with Crippen LogP contribution in [-0.4, -0.2) is 43.2 Å². The third kappa shape index (κ3) is 6.08. The number of nitrogens with zero attached hydrogens (tertiary/aromatic N) is 1. The van der Waals surface area contributed by atoms with Gasteiger partial charge in [-0.1, -0.05) is 13.8 Å². The van der Waals surface area contributed by atoms with E-state index < -0.39 is 0 Å². The zero-order chi connectivity index (χ0) is 12.4. The third-order valence-electron chi connectivity index (χ3n) is 2.64. The molecule has 0 radical (unpaired) electrons. The third-order valence-corrected chi connectivity index (χ3v) is 2.64. The van der Waals surface area contributed by atoms with E-state index >= 15 is 0 Å². The van der Waals surface area contributed by atoms with Crippen molar-refractivity contribution in [2.45, 2.75) is 46.1 Å². The van der Waals surface area contributed by atoms with Gasteiger partial charge in [0.2, 0.25) is 0 Å². The van der Waals surface area contributed by atoms with Crippen LogP contribution in [0.3, 0.4) is 0 Å². The van der Waals surface area contributed by atoms with Crippen molar-refractivity contribution in [3.8, 4) is 0 Å². The molecule has 96 valence electrons. The summed E-state index contributed by atoms with van der Waals surface area (Å²) >= 11 is 0. The maximum atomic E-state index is 11.5. The summed E-state index contributed by atoms with van der Waals surface area (Å²) in [5.74, 6) is -0.133. The van der Waals surface area contributed by atoms with Crippen molar-refractivity contribution in [1.82, 2.24) is 4.90 Å². The molecular formula is C12H26N2O2. The smallest absolute Gasteiger partial charge is 0.320 e. The molecule has 0 fully saturated rings. The normalized spacial score (nSPS) is 12.8. The number of carbonyl (C=O) groups is 1. The van der Waals surface area contributed by atoms with Crippen LogP contribution in [0.4, 0.5) is 0 Å². The molecule has 0 spiro atoms. The van der Waals surface area contributed by atoms with Gasteiger partial charge in [0, 0.05) is 6.04 Å². The molecule has 4 nitrogen and oxygen atoms in total. The Morgan fingerprint density at radius 3 is 2.50 bits per heavy atom. The lowest BCUT2D eigenvalue weighted by Crippen LogP contribution is -2.41. The molecular weight excluding hydrogens is 204 g/mol. The first-order valence-electron chi connectivity index (χ1n) is 6.29. The maximum absolute atomic E-state index is 11.5. The van der Waals surface area contributed by atoms with Crippen LogP contribution >= 0.6 is 0 Å². The summed E-state index contributed by atoms with van der Waals surface area (Å²) < 4.78 is 4.98. The molecule has 0 bridgehead atoms. The molecule has 0 aromatic rings. The van der Waals surface area contributed by atoms with Gasteiger partial charge in [0.1, 0.15) is 0 Å². The number of esters is 1. The van der Waals surface area contributed by atoms with E-state index in [1.165, 1.54) is 0 Å². The first kappa shape index (κ1) is 15.4. The lowest BCUT2D eigenvalue weighted by atomic mass is 10.1. The molecule has 0 aromatic heterocycles. The second-order valence-electron chi connectivity index (χ2n) is 3.91. The number of rotatable bonds is 9. The molecule has 16 heavy (non-hydrogen) atoms. The first-order chi connectivity index (χ1) is 7.69. The van der Waals surface area contributed by atoms with Crippen molar-refractivity contribution in [3.05, 3.63) is 0 Å². The van der Waals surface area contributed by atoms with Crippen LogP contribution in [0.25, 0.3) is 0 Å². The van der Waals surface area contributed by atoms with E-state index in [2.05, 4.69) is 18.7 Å². The Labute approximate surface area is 99.1 Å². The van der Waals surface area contributed by atoms with Gasteiger partial charge in [-0.15, -0.1) is 0 Å². The number of nitrogens with two attached hydrogens (primary N) is 1. The summed E-state index contributed by atoms with van der Waals surface area (Å²) in [7, 11) is 0. The Balaban J connectivity index is 4.26. The largest absolute Gasteiger partial charge is 0.465 e. The highest BCUT2D eigenvalue weighted by atomic mass is 16.5. The van der Waals surface area contributed by atoms with Gasteiger partial charge < -0.3 is 10.5 Å². The van der Waals surface area contributed by atoms with Crippen molar-refractivity contribution < 1.29 is 9.53 Å². The van der Waals surface area contributed by atoms with Gasteiger partial charge in [-0.3, -0.25) is 9.69 Å². The zero-order valence-corrected chi connectivity index (χ0v) is 10.9. The molecule has 1 atom stereocenters. The number of ether oxygens (including phenoxy) is 1. The molecule has 0 amide bonds. The highest BCUT2D eigenvalue weighted by Crippen LogP contribution is 2.09. The van der Waals surface area contributed by atoms with Gasteiger partial charge in [-0.25, -0.2) is 0 Å². The molecule has 0 aromatic carbocycles. The fourth-order valence-electron chi connectivity index (χ4n) is 1.89. The average molecular weight is 230 g/mol. The Hall–Kier alpha value is -0.610. The predicted octanol–water partition coefficient (Wildman–Crippen LogP) is 1.39. The Kier molecular flexibility index (Phi) is 9.24. The Morgan fingerprint density at radius 1 is 1.38 bits per heavy atom. The van der Waals surface area contributed by atoms with Crippen LogP contribution in [0.15, 0.2) is 0 Å². The molecule has 0 saturated carbocycles. The summed E-state index contributed by atoms with van der Waals surface area (Å²) in [6, 6.07) is 0.398. The molecule has 0 rings (SSSR count). The summed E-state index contributed by atoms with van der Waals surface area (Å²) in [6.07, 6.45) is 3.01. The Morgan fingerprint density at radius 2 is 2.06 bits per heavy atom. The molecule has 2 N–H and O–H groups in total. The molecule has 0 saturated heterocycles. The van der Waals surface area contributed by atoms with E-state index in [4.69, 9.17) is 10.5 Å². The highest BCUT2D eigenvalue weighted by molar-refractivity contribution is 5.71. The molecule has 0 aliphatic rings. The topological polar surface area (TPSA) is 55.6 Å².